The van der Waals surface area contributed by atoms with E-state index in [0.717, 1.165) is 31.4 Å². The third-order valence-corrected chi connectivity index (χ3v) is 4.08. The van der Waals surface area contributed by atoms with Crippen LogP contribution >= 0.6 is 0 Å². The van der Waals surface area contributed by atoms with Crippen LogP contribution in [0.5, 0.6) is 0 Å². The molecule has 1 fully saturated rings. The number of nitrogens with zero attached hydrogens (tertiary/aromatic N) is 3. The van der Waals surface area contributed by atoms with Crippen LogP contribution < -0.4 is 5.32 Å². The zero-order valence-corrected chi connectivity index (χ0v) is 12.7. The van der Waals surface area contributed by atoms with Gasteiger partial charge >= 0.3 is 0 Å². The van der Waals surface area contributed by atoms with Crippen LogP contribution in [0.4, 0.5) is 0 Å². The first-order valence-electron chi connectivity index (χ1n) is 7.90. The number of hydrogen-bond acceptors (Lipinski definition) is 3. The molecular weight excluding hydrogens is 260 g/mol. The maximum absolute atomic E-state index is 4.24. The van der Waals surface area contributed by atoms with E-state index in [1.165, 1.54) is 24.9 Å². The lowest BCUT2D eigenvalue weighted by atomic mass is 10.2. The summed E-state index contributed by atoms with van der Waals surface area (Å²) in [7, 11) is 0. The second-order valence-electron chi connectivity index (χ2n) is 5.65. The Hall–Kier alpha value is -1.65. The van der Waals surface area contributed by atoms with Crippen LogP contribution in [-0.4, -0.2) is 40.4 Å². The molecule has 0 aliphatic heterocycles. The highest BCUT2D eigenvalue weighted by atomic mass is 15.3. The Morgan fingerprint density at radius 2 is 2.10 bits per heavy atom. The van der Waals surface area contributed by atoms with Gasteiger partial charge in [-0.2, -0.15) is 5.10 Å². The Labute approximate surface area is 126 Å². The van der Waals surface area contributed by atoms with Crippen LogP contribution in [0.2, 0.25) is 0 Å². The first-order chi connectivity index (χ1) is 10.4. The quantitative estimate of drug-likeness (QED) is 0.756. The molecule has 1 aromatic heterocycles. The second kappa shape index (κ2) is 6.87. The van der Waals surface area contributed by atoms with Crippen LogP contribution in [0.1, 0.15) is 25.3 Å². The van der Waals surface area contributed by atoms with E-state index in [0.29, 0.717) is 0 Å². The van der Waals surface area contributed by atoms with Gasteiger partial charge in [-0.1, -0.05) is 19.1 Å². The molecule has 0 atom stereocenters. The molecular formula is C17H24N4. The summed E-state index contributed by atoms with van der Waals surface area (Å²) in [4.78, 5) is 2.58. The Kier molecular flexibility index (Phi) is 4.68. The molecule has 1 aromatic carbocycles. The Bertz CT molecular complexity index is 528. The van der Waals surface area contributed by atoms with Gasteiger partial charge in [0.05, 0.1) is 5.69 Å². The molecule has 0 bridgehead atoms. The first kappa shape index (κ1) is 14.3. The topological polar surface area (TPSA) is 33.1 Å². The summed E-state index contributed by atoms with van der Waals surface area (Å²) >= 11 is 0. The molecule has 1 aliphatic rings. The highest BCUT2D eigenvalue weighted by molar-refractivity contribution is 5.33. The van der Waals surface area contributed by atoms with Gasteiger partial charge in [0, 0.05) is 38.1 Å². The lowest BCUT2D eigenvalue weighted by molar-refractivity contribution is 0.277. The molecule has 4 nitrogen and oxygen atoms in total. The van der Waals surface area contributed by atoms with Crippen molar-refractivity contribution in [3.63, 3.8) is 0 Å². The van der Waals surface area contributed by atoms with Crippen molar-refractivity contribution in [1.82, 2.24) is 20.0 Å². The van der Waals surface area contributed by atoms with Crippen molar-refractivity contribution in [3.8, 4) is 5.69 Å². The summed E-state index contributed by atoms with van der Waals surface area (Å²) in [6.07, 6.45) is 6.55. The second-order valence-corrected chi connectivity index (χ2v) is 5.65. The summed E-state index contributed by atoms with van der Waals surface area (Å²) in [6.45, 7) is 6.58. The molecule has 112 valence electrons. The summed E-state index contributed by atoms with van der Waals surface area (Å²) < 4.78 is 1.88. The number of hydrogen-bond donors (Lipinski definition) is 1. The summed E-state index contributed by atoms with van der Waals surface area (Å²) in [6, 6.07) is 11.4. The van der Waals surface area contributed by atoms with Crippen LogP contribution in [0.25, 0.3) is 5.69 Å². The van der Waals surface area contributed by atoms with Crippen molar-refractivity contribution in [2.75, 3.05) is 19.6 Å². The van der Waals surface area contributed by atoms with Gasteiger partial charge in [-0.3, -0.25) is 4.90 Å². The minimum absolute atomic E-state index is 0.866. The molecule has 0 spiro atoms. The van der Waals surface area contributed by atoms with E-state index in [2.05, 4.69) is 46.5 Å². The largest absolute Gasteiger partial charge is 0.311 e. The predicted octanol–water partition coefficient (Wildman–Crippen LogP) is 2.45. The van der Waals surface area contributed by atoms with Crippen molar-refractivity contribution in [1.29, 1.82) is 0 Å². The molecule has 0 radical (unpaired) electrons. The maximum atomic E-state index is 4.24. The Morgan fingerprint density at radius 1 is 1.29 bits per heavy atom. The van der Waals surface area contributed by atoms with Crippen LogP contribution in [0.3, 0.4) is 0 Å². The van der Waals surface area contributed by atoms with E-state index in [1.807, 2.05) is 16.9 Å². The fourth-order valence-electron chi connectivity index (χ4n) is 2.68. The first-order valence-corrected chi connectivity index (χ1v) is 7.90. The summed E-state index contributed by atoms with van der Waals surface area (Å²) in [5.41, 5.74) is 2.43. The van der Waals surface area contributed by atoms with Crippen molar-refractivity contribution >= 4 is 0 Å². The number of aromatic nitrogens is 2. The van der Waals surface area contributed by atoms with Crippen LogP contribution in [-0.2, 0) is 6.54 Å². The van der Waals surface area contributed by atoms with Crippen molar-refractivity contribution in [2.24, 2.45) is 0 Å². The van der Waals surface area contributed by atoms with Gasteiger partial charge in [-0.05, 0) is 43.1 Å². The lowest BCUT2D eigenvalue weighted by Crippen LogP contribution is -2.33. The van der Waals surface area contributed by atoms with Gasteiger partial charge in [0.15, 0.2) is 0 Å². The minimum Gasteiger partial charge on any atom is -0.311 e. The zero-order chi connectivity index (χ0) is 14.5. The molecule has 0 unspecified atom stereocenters. The Balaban J connectivity index is 1.43. The average molecular weight is 284 g/mol. The van der Waals surface area contributed by atoms with Crippen molar-refractivity contribution < 1.29 is 0 Å². The summed E-state index contributed by atoms with van der Waals surface area (Å²) in [5.74, 6) is 0. The monoisotopic (exact) mass is 284 g/mol. The van der Waals surface area contributed by atoms with E-state index in [-0.39, 0.29) is 0 Å². The fraction of sp³-hybridized carbons (Fsp3) is 0.471. The number of likely N-dealkylation sites (N-methyl/N-ethyl adjacent to an activating group) is 1. The van der Waals surface area contributed by atoms with Gasteiger partial charge in [0.2, 0.25) is 0 Å². The average Bonchev–Trinajstić information content (AvgIpc) is 3.21. The third kappa shape index (κ3) is 3.93. The van der Waals surface area contributed by atoms with E-state index < -0.39 is 0 Å². The molecule has 1 saturated carbocycles. The highest BCUT2D eigenvalue weighted by Crippen LogP contribution is 2.25. The molecule has 21 heavy (non-hydrogen) atoms. The van der Waals surface area contributed by atoms with Gasteiger partial charge in [-0.25, -0.2) is 4.68 Å². The predicted molar refractivity (Wildman–Crippen MR) is 85.5 cm³/mol. The van der Waals surface area contributed by atoms with Crippen LogP contribution in [0.15, 0.2) is 42.7 Å². The van der Waals surface area contributed by atoms with E-state index in [4.69, 9.17) is 0 Å². The smallest absolute Gasteiger partial charge is 0.0645 e. The number of nitrogens with one attached hydrogen (secondary N) is 1. The molecule has 1 heterocycles. The number of benzene rings is 1. The van der Waals surface area contributed by atoms with Gasteiger partial charge in [0.25, 0.3) is 0 Å². The van der Waals surface area contributed by atoms with Crippen LogP contribution in [0, 0.1) is 0 Å². The van der Waals surface area contributed by atoms with E-state index in [9.17, 15) is 0 Å². The zero-order valence-electron chi connectivity index (χ0n) is 12.7. The standard InChI is InChI=1S/C17H24N4/c1-2-20(16-8-9-16)13-11-18-14-15-4-6-17(7-5-15)21-12-3-10-19-21/h3-7,10,12,16,18H,2,8-9,11,13-14H2,1H3. The van der Waals surface area contributed by atoms with Crippen molar-refractivity contribution in [2.45, 2.75) is 32.4 Å². The third-order valence-electron chi connectivity index (χ3n) is 4.08. The Morgan fingerprint density at radius 3 is 2.71 bits per heavy atom. The molecule has 0 saturated heterocycles. The normalized spacial score (nSPS) is 14.8. The fourth-order valence-corrected chi connectivity index (χ4v) is 2.68. The molecule has 1 aliphatic carbocycles. The molecule has 3 rings (SSSR count). The lowest BCUT2D eigenvalue weighted by Gasteiger charge is -2.19. The van der Waals surface area contributed by atoms with E-state index in [1.54, 1.807) is 6.20 Å². The minimum atomic E-state index is 0.866. The molecule has 2 aromatic rings. The molecule has 0 amide bonds. The summed E-state index contributed by atoms with van der Waals surface area (Å²) in [5, 5.41) is 7.78. The number of rotatable bonds is 8. The molecule has 4 heteroatoms. The molecule has 1 N–H and O–H groups in total. The highest BCUT2D eigenvalue weighted by Gasteiger charge is 2.26. The SMILES string of the molecule is CCN(CCNCc1ccc(-n2cccn2)cc1)C1CC1. The van der Waals surface area contributed by atoms with Gasteiger partial charge in [-0.15, -0.1) is 0 Å². The van der Waals surface area contributed by atoms with Crippen molar-refractivity contribution in [3.05, 3.63) is 48.3 Å². The van der Waals surface area contributed by atoms with E-state index >= 15 is 0 Å². The van der Waals surface area contributed by atoms with Gasteiger partial charge in [0.1, 0.15) is 0 Å². The van der Waals surface area contributed by atoms with Gasteiger partial charge < -0.3 is 5.32 Å². The maximum Gasteiger partial charge on any atom is 0.0645 e.